The van der Waals surface area contributed by atoms with E-state index in [1.165, 1.54) is 38.5 Å². The van der Waals surface area contributed by atoms with Crippen LogP contribution >= 0.6 is 0 Å². The van der Waals surface area contributed by atoms with Gasteiger partial charge in [0, 0.05) is 31.6 Å². The molecule has 140 valence electrons. The van der Waals surface area contributed by atoms with Gasteiger partial charge in [0.15, 0.2) is 5.88 Å². The molecule has 0 aromatic heterocycles. The van der Waals surface area contributed by atoms with Crippen LogP contribution in [0.3, 0.4) is 0 Å². The lowest BCUT2D eigenvalue weighted by atomic mass is 9.90. The topological polar surface area (TPSA) is 36.5 Å². The molecule has 3 aliphatic rings. The van der Waals surface area contributed by atoms with E-state index in [1.54, 1.807) is 5.57 Å². The first kappa shape index (κ1) is 18.5. The van der Waals surface area contributed by atoms with E-state index in [9.17, 15) is 0 Å². The van der Waals surface area contributed by atoms with Crippen LogP contribution in [0.25, 0.3) is 0 Å². The molecule has 5 atom stereocenters. The van der Waals surface area contributed by atoms with Crippen molar-refractivity contribution in [2.75, 3.05) is 13.6 Å². The van der Waals surface area contributed by atoms with Crippen molar-refractivity contribution in [1.82, 2.24) is 15.5 Å². The summed E-state index contributed by atoms with van der Waals surface area (Å²) < 4.78 is 5.97. The van der Waals surface area contributed by atoms with Crippen LogP contribution in [-0.4, -0.2) is 42.8 Å². The predicted molar refractivity (Wildman–Crippen MR) is 104 cm³/mol. The van der Waals surface area contributed by atoms with E-state index in [0.717, 1.165) is 6.54 Å². The number of allylic oxidation sites excluding steroid dienone is 3. The first-order valence-electron chi connectivity index (χ1n) is 10.00. The first-order chi connectivity index (χ1) is 12.1. The van der Waals surface area contributed by atoms with Gasteiger partial charge < -0.3 is 10.1 Å². The number of hydrogen-bond acceptors (Lipinski definition) is 4. The van der Waals surface area contributed by atoms with Crippen molar-refractivity contribution in [3.63, 3.8) is 0 Å². The number of nitrogens with one attached hydrogen (secondary N) is 2. The Hall–Kier alpha value is -1.26. The van der Waals surface area contributed by atoms with E-state index in [4.69, 9.17) is 4.74 Å². The first-order valence-corrected chi connectivity index (χ1v) is 10.00. The summed E-state index contributed by atoms with van der Waals surface area (Å²) in [6.45, 7) is 9.49. The van der Waals surface area contributed by atoms with E-state index >= 15 is 0 Å². The molecule has 0 amide bonds. The molecule has 1 saturated heterocycles. The van der Waals surface area contributed by atoms with Gasteiger partial charge in [-0.05, 0) is 39.2 Å². The molecule has 0 aromatic carbocycles. The van der Waals surface area contributed by atoms with Gasteiger partial charge in [0.25, 0.3) is 0 Å². The molecule has 0 aromatic rings. The van der Waals surface area contributed by atoms with Crippen molar-refractivity contribution < 1.29 is 4.74 Å². The van der Waals surface area contributed by atoms with Crippen molar-refractivity contribution in [3.05, 3.63) is 36.3 Å². The number of rotatable bonds is 7. The molecule has 0 radical (unpaired) electrons. The molecule has 1 aliphatic heterocycles. The van der Waals surface area contributed by atoms with Crippen molar-refractivity contribution in [2.45, 2.75) is 76.7 Å². The zero-order valence-corrected chi connectivity index (χ0v) is 16.1. The maximum Gasteiger partial charge on any atom is 0.179 e. The van der Waals surface area contributed by atoms with Gasteiger partial charge in [-0.3, -0.25) is 10.2 Å². The van der Waals surface area contributed by atoms with Crippen molar-refractivity contribution >= 4 is 0 Å². The molecule has 0 bridgehead atoms. The average Bonchev–Trinajstić information content (AvgIpc) is 3.00. The highest BCUT2D eigenvalue weighted by Crippen LogP contribution is 2.34. The van der Waals surface area contributed by atoms with Crippen LogP contribution in [0.15, 0.2) is 36.3 Å². The summed E-state index contributed by atoms with van der Waals surface area (Å²) in [5, 5.41) is 6.96. The molecule has 1 heterocycles. The molecule has 2 N–H and O–H groups in total. The molecule has 0 spiro atoms. The third kappa shape index (κ3) is 4.29. The van der Waals surface area contributed by atoms with Gasteiger partial charge in [-0.25, -0.2) is 0 Å². The fourth-order valence-corrected chi connectivity index (χ4v) is 4.56. The third-order valence-electron chi connectivity index (χ3n) is 6.23. The van der Waals surface area contributed by atoms with Gasteiger partial charge in [0.1, 0.15) is 6.10 Å². The van der Waals surface area contributed by atoms with Gasteiger partial charge >= 0.3 is 0 Å². The minimum absolute atomic E-state index is 0.125. The Balaban J connectivity index is 1.73. The molecule has 4 nitrogen and oxygen atoms in total. The van der Waals surface area contributed by atoms with Gasteiger partial charge in [0.05, 0.1) is 6.17 Å². The predicted octanol–water partition coefficient (Wildman–Crippen LogP) is 3.54. The molecule has 2 fully saturated rings. The smallest absolute Gasteiger partial charge is 0.179 e. The summed E-state index contributed by atoms with van der Waals surface area (Å²) in [6.07, 6.45) is 15.1. The number of fused-ring (bicyclic) bond motifs is 1. The minimum atomic E-state index is 0.125. The second kappa shape index (κ2) is 8.41. The van der Waals surface area contributed by atoms with Crippen LogP contribution in [0.5, 0.6) is 0 Å². The van der Waals surface area contributed by atoms with E-state index in [1.807, 2.05) is 7.05 Å². The average molecular weight is 346 g/mol. The summed E-state index contributed by atoms with van der Waals surface area (Å²) in [4.78, 5) is 2.74. The summed E-state index contributed by atoms with van der Waals surface area (Å²) in [5.74, 6) is 1.05. The lowest BCUT2D eigenvalue weighted by molar-refractivity contribution is 0.0274. The summed E-state index contributed by atoms with van der Waals surface area (Å²) in [6, 6.07) is 1.31. The van der Waals surface area contributed by atoms with Crippen LogP contribution in [0.1, 0.15) is 52.4 Å². The van der Waals surface area contributed by atoms with Gasteiger partial charge in [-0.2, -0.15) is 0 Å². The van der Waals surface area contributed by atoms with Gasteiger partial charge in [-0.1, -0.05) is 43.6 Å². The number of ether oxygens (including phenoxy) is 1. The van der Waals surface area contributed by atoms with Gasteiger partial charge in [0.2, 0.25) is 0 Å². The number of hydrogen-bond donors (Lipinski definition) is 2. The van der Waals surface area contributed by atoms with Crippen molar-refractivity contribution in [1.29, 1.82) is 0 Å². The van der Waals surface area contributed by atoms with Crippen molar-refractivity contribution in [3.8, 4) is 0 Å². The molecule has 3 rings (SSSR count). The molecule has 5 unspecified atom stereocenters. The van der Waals surface area contributed by atoms with E-state index in [0.29, 0.717) is 30.1 Å². The minimum Gasteiger partial charge on any atom is -0.476 e. The van der Waals surface area contributed by atoms with Crippen LogP contribution < -0.4 is 10.6 Å². The second-order valence-corrected chi connectivity index (χ2v) is 7.89. The highest BCUT2D eigenvalue weighted by atomic mass is 16.5. The Bertz CT molecular complexity index is 527. The lowest BCUT2D eigenvalue weighted by Gasteiger charge is -2.37. The Morgan fingerprint density at radius 2 is 2.20 bits per heavy atom. The van der Waals surface area contributed by atoms with Crippen LogP contribution in [0.2, 0.25) is 0 Å². The van der Waals surface area contributed by atoms with E-state index < -0.39 is 0 Å². The molecular formula is C21H35N3O. The highest BCUT2D eigenvalue weighted by Gasteiger charge is 2.44. The molecule has 4 heteroatoms. The fraction of sp³-hybridized carbons (Fsp3) is 0.714. The molecule has 2 aliphatic carbocycles. The highest BCUT2D eigenvalue weighted by molar-refractivity contribution is 5.20. The molecule has 25 heavy (non-hydrogen) atoms. The number of nitrogens with zero attached hydrogens (tertiary/aromatic N) is 1. The van der Waals surface area contributed by atoms with E-state index in [-0.39, 0.29) is 6.10 Å². The van der Waals surface area contributed by atoms with Crippen LogP contribution in [-0.2, 0) is 4.74 Å². The summed E-state index contributed by atoms with van der Waals surface area (Å²) in [5.41, 5.74) is 1.57. The zero-order valence-electron chi connectivity index (χ0n) is 16.1. The normalized spacial score (nSPS) is 31.8. The Labute approximate surface area is 153 Å². The lowest BCUT2D eigenvalue weighted by Crippen LogP contribution is -2.48. The maximum absolute atomic E-state index is 5.97. The molecule has 1 saturated carbocycles. The fourth-order valence-electron chi connectivity index (χ4n) is 4.56. The largest absolute Gasteiger partial charge is 0.476 e. The van der Waals surface area contributed by atoms with E-state index in [2.05, 4.69) is 54.2 Å². The third-order valence-corrected chi connectivity index (χ3v) is 6.23. The zero-order chi connectivity index (χ0) is 17.8. The molecular weight excluding hydrogens is 310 g/mol. The Morgan fingerprint density at radius 1 is 1.40 bits per heavy atom. The van der Waals surface area contributed by atoms with Gasteiger partial charge in [-0.15, -0.1) is 0 Å². The van der Waals surface area contributed by atoms with Crippen LogP contribution in [0.4, 0.5) is 0 Å². The van der Waals surface area contributed by atoms with Crippen LogP contribution in [0, 0.1) is 5.92 Å². The second-order valence-electron chi connectivity index (χ2n) is 7.89. The Kier molecular flexibility index (Phi) is 6.24. The summed E-state index contributed by atoms with van der Waals surface area (Å²) >= 11 is 0. The van der Waals surface area contributed by atoms with Crippen molar-refractivity contribution in [2.24, 2.45) is 5.92 Å². The maximum atomic E-state index is 5.97. The Morgan fingerprint density at radius 3 is 2.92 bits per heavy atom. The summed E-state index contributed by atoms with van der Waals surface area (Å²) in [7, 11) is 1.86. The monoisotopic (exact) mass is 345 g/mol. The SMILES string of the molecule is C=C(NC)OC(C)C(C)C1NC2CCCCC2N1CC1=CC=CCC1. The quantitative estimate of drug-likeness (QED) is 0.692. The standard InChI is InChI=1S/C21H35N3O/c1-15(16(2)25-17(3)22-4)21-23-19-12-8-9-13-20(19)24(21)14-18-10-6-5-7-11-18/h5-6,10,15-16,19-23H,3,7-9,11-14H2,1-2,4H3.